The molecular formula is C17H20N2O. The molecule has 3 heteroatoms. The summed E-state index contributed by atoms with van der Waals surface area (Å²) in [6.45, 7) is 6.02. The first-order valence-corrected chi connectivity index (χ1v) is 6.68. The predicted molar refractivity (Wildman–Crippen MR) is 83.8 cm³/mol. The number of nitrogens with one attached hydrogen (secondary N) is 1. The third-order valence-electron chi connectivity index (χ3n) is 3.34. The fourth-order valence-corrected chi connectivity index (χ4v) is 2.14. The Balaban J connectivity index is 2.13. The number of aryl methyl sites for hydroxylation is 3. The normalized spacial score (nSPS) is 10.3. The zero-order valence-electron chi connectivity index (χ0n) is 12.2. The third-order valence-corrected chi connectivity index (χ3v) is 3.34. The first-order chi connectivity index (χ1) is 9.45. The van der Waals surface area contributed by atoms with Crippen LogP contribution in [-0.4, -0.2) is 5.91 Å². The maximum atomic E-state index is 12.1. The monoisotopic (exact) mass is 268 g/mol. The lowest BCUT2D eigenvalue weighted by atomic mass is 10.0. The minimum atomic E-state index is -0.0454. The molecule has 2 aromatic carbocycles. The van der Waals surface area contributed by atoms with E-state index in [0.29, 0.717) is 17.8 Å². The molecule has 0 unspecified atom stereocenters. The zero-order chi connectivity index (χ0) is 14.7. The number of carbonyl (C=O) groups is 1. The smallest absolute Gasteiger partial charge is 0.228 e. The average molecular weight is 268 g/mol. The number of nitrogens with two attached hydrogens (primary N) is 1. The van der Waals surface area contributed by atoms with Crippen LogP contribution in [-0.2, 0) is 11.2 Å². The summed E-state index contributed by atoms with van der Waals surface area (Å²) in [5.74, 6) is -0.0454. The van der Waals surface area contributed by atoms with Crippen molar-refractivity contribution in [2.45, 2.75) is 27.2 Å². The first-order valence-electron chi connectivity index (χ1n) is 6.68. The fourth-order valence-electron chi connectivity index (χ4n) is 2.14. The van der Waals surface area contributed by atoms with Crippen molar-refractivity contribution in [1.82, 2.24) is 0 Å². The number of benzene rings is 2. The first kappa shape index (κ1) is 14.1. The van der Waals surface area contributed by atoms with Crippen molar-refractivity contribution in [3.63, 3.8) is 0 Å². The van der Waals surface area contributed by atoms with Gasteiger partial charge in [0.2, 0.25) is 5.91 Å². The van der Waals surface area contributed by atoms with Crippen molar-refractivity contribution >= 4 is 17.3 Å². The van der Waals surface area contributed by atoms with Crippen molar-refractivity contribution in [1.29, 1.82) is 0 Å². The Kier molecular flexibility index (Phi) is 4.08. The Labute approximate surface area is 119 Å². The lowest BCUT2D eigenvalue weighted by molar-refractivity contribution is -0.115. The van der Waals surface area contributed by atoms with E-state index in [0.717, 1.165) is 22.3 Å². The second-order valence-corrected chi connectivity index (χ2v) is 5.25. The van der Waals surface area contributed by atoms with Gasteiger partial charge in [-0.15, -0.1) is 0 Å². The Morgan fingerprint density at radius 3 is 2.45 bits per heavy atom. The summed E-state index contributed by atoms with van der Waals surface area (Å²) in [6, 6.07) is 11.8. The Hall–Kier alpha value is -2.29. The van der Waals surface area contributed by atoms with Gasteiger partial charge in [-0.3, -0.25) is 4.79 Å². The van der Waals surface area contributed by atoms with E-state index < -0.39 is 0 Å². The quantitative estimate of drug-likeness (QED) is 0.838. The van der Waals surface area contributed by atoms with E-state index in [2.05, 4.69) is 17.4 Å². The van der Waals surface area contributed by atoms with E-state index in [-0.39, 0.29) is 5.91 Å². The second kappa shape index (κ2) is 5.78. The van der Waals surface area contributed by atoms with Gasteiger partial charge in [0, 0.05) is 0 Å². The summed E-state index contributed by atoms with van der Waals surface area (Å²) in [4.78, 5) is 12.1. The van der Waals surface area contributed by atoms with Gasteiger partial charge in [0.25, 0.3) is 0 Å². The molecule has 0 spiro atoms. The van der Waals surface area contributed by atoms with Crippen LogP contribution in [0.15, 0.2) is 36.4 Å². The summed E-state index contributed by atoms with van der Waals surface area (Å²) in [5.41, 5.74) is 11.5. The topological polar surface area (TPSA) is 55.1 Å². The fraction of sp³-hybridized carbons (Fsp3) is 0.235. The molecule has 1 amide bonds. The molecule has 0 radical (unpaired) electrons. The van der Waals surface area contributed by atoms with Gasteiger partial charge >= 0.3 is 0 Å². The summed E-state index contributed by atoms with van der Waals surface area (Å²) < 4.78 is 0. The number of amides is 1. The molecule has 0 aromatic heterocycles. The van der Waals surface area contributed by atoms with Crippen LogP contribution in [0, 0.1) is 20.8 Å². The van der Waals surface area contributed by atoms with Gasteiger partial charge in [-0.2, -0.15) is 0 Å². The molecule has 3 nitrogen and oxygen atoms in total. The molecule has 0 bridgehead atoms. The molecule has 0 atom stereocenters. The largest absolute Gasteiger partial charge is 0.397 e. The highest BCUT2D eigenvalue weighted by molar-refractivity contribution is 5.95. The molecule has 2 aromatic rings. The van der Waals surface area contributed by atoms with E-state index in [4.69, 9.17) is 5.73 Å². The predicted octanol–water partition coefficient (Wildman–Crippen LogP) is 3.38. The summed E-state index contributed by atoms with van der Waals surface area (Å²) in [5, 5.41) is 2.88. The summed E-state index contributed by atoms with van der Waals surface area (Å²) in [6.07, 6.45) is 0.362. The molecule has 20 heavy (non-hydrogen) atoms. The van der Waals surface area contributed by atoms with Crippen LogP contribution in [0.2, 0.25) is 0 Å². The van der Waals surface area contributed by atoms with Crippen LogP contribution >= 0.6 is 0 Å². The highest BCUT2D eigenvalue weighted by Crippen LogP contribution is 2.20. The second-order valence-electron chi connectivity index (χ2n) is 5.25. The van der Waals surface area contributed by atoms with Crippen molar-refractivity contribution < 1.29 is 4.79 Å². The molecule has 0 aliphatic carbocycles. The highest BCUT2D eigenvalue weighted by Gasteiger charge is 2.08. The van der Waals surface area contributed by atoms with Gasteiger partial charge in [0.05, 0.1) is 17.8 Å². The Morgan fingerprint density at radius 2 is 1.70 bits per heavy atom. The summed E-state index contributed by atoms with van der Waals surface area (Å²) >= 11 is 0. The average Bonchev–Trinajstić information content (AvgIpc) is 2.38. The van der Waals surface area contributed by atoms with E-state index >= 15 is 0 Å². The Morgan fingerprint density at radius 1 is 1.05 bits per heavy atom. The van der Waals surface area contributed by atoms with Crippen LogP contribution in [0.3, 0.4) is 0 Å². The lowest BCUT2D eigenvalue weighted by Gasteiger charge is -2.11. The minimum Gasteiger partial charge on any atom is -0.397 e. The van der Waals surface area contributed by atoms with Gasteiger partial charge < -0.3 is 11.1 Å². The van der Waals surface area contributed by atoms with Gasteiger partial charge in [-0.05, 0) is 49.6 Å². The van der Waals surface area contributed by atoms with Crippen molar-refractivity contribution in [2.24, 2.45) is 0 Å². The number of carbonyl (C=O) groups excluding carboxylic acids is 1. The highest BCUT2D eigenvalue weighted by atomic mass is 16.1. The van der Waals surface area contributed by atoms with Crippen molar-refractivity contribution in [3.05, 3.63) is 58.7 Å². The van der Waals surface area contributed by atoms with Crippen LogP contribution in [0.1, 0.15) is 22.3 Å². The molecule has 0 saturated heterocycles. The van der Waals surface area contributed by atoms with Gasteiger partial charge in [-0.25, -0.2) is 0 Å². The zero-order valence-corrected chi connectivity index (χ0v) is 12.2. The number of hydrogen-bond acceptors (Lipinski definition) is 2. The number of hydrogen-bond donors (Lipinski definition) is 2. The number of rotatable bonds is 3. The number of anilines is 2. The maximum Gasteiger partial charge on any atom is 0.228 e. The van der Waals surface area contributed by atoms with E-state index in [1.807, 2.05) is 45.0 Å². The molecule has 0 aliphatic rings. The maximum absolute atomic E-state index is 12.1. The van der Waals surface area contributed by atoms with Gasteiger partial charge in [0.15, 0.2) is 0 Å². The van der Waals surface area contributed by atoms with Crippen LogP contribution in [0.4, 0.5) is 11.4 Å². The number of nitrogen functional groups attached to an aromatic ring is 1. The molecule has 2 rings (SSSR count). The standard InChI is InChI=1S/C17H20N2O/c1-11-4-6-13(3)14(8-11)10-17(20)19-16-9-12(2)5-7-15(16)18/h4-9H,10,18H2,1-3H3,(H,19,20). The lowest BCUT2D eigenvalue weighted by Crippen LogP contribution is -2.16. The Bertz CT molecular complexity index is 592. The van der Waals surface area contributed by atoms with Crippen LogP contribution < -0.4 is 11.1 Å². The molecule has 104 valence electrons. The third kappa shape index (κ3) is 3.38. The minimum absolute atomic E-state index is 0.0454. The van der Waals surface area contributed by atoms with Crippen molar-refractivity contribution in [3.8, 4) is 0 Å². The molecule has 3 N–H and O–H groups in total. The molecule has 0 fully saturated rings. The SMILES string of the molecule is Cc1ccc(C)c(CC(=O)Nc2cc(C)ccc2N)c1. The van der Waals surface area contributed by atoms with Crippen molar-refractivity contribution in [2.75, 3.05) is 11.1 Å². The van der Waals surface area contributed by atoms with Gasteiger partial charge in [0.1, 0.15) is 0 Å². The molecule has 0 aliphatic heterocycles. The molecular weight excluding hydrogens is 248 g/mol. The molecule has 0 heterocycles. The van der Waals surface area contributed by atoms with E-state index in [1.165, 1.54) is 0 Å². The van der Waals surface area contributed by atoms with Gasteiger partial charge in [-0.1, -0.05) is 29.8 Å². The van der Waals surface area contributed by atoms with Crippen LogP contribution in [0.5, 0.6) is 0 Å². The van der Waals surface area contributed by atoms with Crippen LogP contribution in [0.25, 0.3) is 0 Å². The van der Waals surface area contributed by atoms with E-state index in [9.17, 15) is 4.79 Å². The van der Waals surface area contributed by atoms with E-state index in [1.54, 1.807) is 0 Å². The molecule has 0 saturated carbocycles. The summed E-state index contributed by atoms with van der Waals surface area (Å²) in [7, 11) is 0.